The van der Waals surface area contributed by atoms with E-state index in [2.05, 4.69) is 19.9 Å². The van der Waals surface area contributed by atoms with Gasteiger partial charge in [0.25, 0.3) is 0 Å². The van der Waals surface area contributed by atoms with Crippen LogP contribution in [0.5, 0.6) is 0 Å². The van der Waals surface area contributed by atoms with Crippen LogP contribution in [0, 0.1) is 35.0 Å². The maximum absolute atomic E-state index is 8.79. The number of nitrogens with zero attached hydrogens (tertiary/aromatic N) is 1. The first kappa shape index (κ1) is 15.8. The molecular formula is C18H31NO. The first-order valence-corrected chi connectivity index (χ1v) is 8.67. The van der Waals surface area contributed by atoms with Crippen molar-refractivity contribution in [2.24, 2.45) is 23.7 Å². The van der Waals surface area contributed by atoms with Gasteiger partial charge in [0, 0.05) is 13.0 Å². The van der Waals surface area contributed by atoms with E-state index in [9.17, 15) is 0 Å². The molecule has 0 unspecified atom stereocenters. The molecule has 0 aromatic heterocycles. The zero-order valence-electron chi connectivity index (χ0n) is 13.3. The summed E-state index contributed by atoms with van der Waals surface area (Å²) in [5, 5.41) is 8.79. The molecule has 0 amide bonds. The highest BCUT2D eigenvalue weighted by Crippen LogP contribution is 2.41. The molecule has 2 saturated carbocycles. The second kappa shape index (κ2) is 8.03. The van der Waals surface area contributed by atoms with E-state index < -0.39 is 0 Å². The summed E-state index contributed by atoms with van der Waals surface area (Å²) >= 11 is 0. The van der Waals surface area contributed by atoms with E-state index >= 15 is 0 Å². The molecule has 114 valence electrons. The smallest absolute Gasteiger partial charge is 0.0624 e. The number of nitriles is 1. The predicted molar refractivity (Wildman–Crippen MR) is 82.2 cm³/mol. The molecule has 0 N–H and O–H groups in total. The Morgan fingerprint density at radius 2 is 1.50 bits per heavy atom. The third kappa shape index (κ3) is 4.77. The van der Waals surface area contributed by atoms with Crippen molar-refractivity contribution in [3.05, 3.63) is 0 Å². The molecule has 0 radical (unpaired) electrons. The van der Waals surface area contributed by atoms with Crippen LogP contribution in [0.2, 0.25) is 0 Å². The second-order valence-corrected chi connectivity index (χ2v) is 7.41. The molecule has 20 heavy (non-hydrogen) atoms. The van der Waals surface area contributed by atoms with Crippen LogP contribution in [0.1, 0.15) is 71.6 Å². The Morgan fingerprint density at radius 3 is 2.00 bits per heavy atom. The van der Waals surface area contributed by atoms with E-state index in [0.29, 0.717) is 17.9 Å². The summed E-state index contributed by atoms with van der Waals surface area (Å²) in [6.45, 7) is 5.38. The minimum absolute atomic E-state index is 0.531. The van der Waals surface area contributed by atoms with Crippen LogP contribution < -0.4 is 0 Å². The summed E-state index contributed by atoms with van der Waals surface area (Å²) < 4.78 is 5.99. The fourth-order valence-corrected chi connectivity index (χ4v) is 4.05. The lowest BCUT2D eigenvalue weighted by molar-refractivity contribution is -0.00463. The van der Waals surface area contributed by atoms with Gasteiger partial charge in [-0.1, -0.05) is 13.8 Å². The minimum atomic E-state index is 0.531. The second-order valence-electron chi connectivity index (χ2n) is 7.41. The molecule has 2 rings (SSSR count). The first-order chi connectivity index (χ1) is 9.69. The fourth-order valence-electron chi connectivity index (χ4n) is 4.05. The average molecular weight is 277 g/mol. The van der Waals surface area contributed by atoms with Crippen LogP contribution in [0.25, 0.3) is 0 Å². The summed E-state index contributed by atoms with van der Waals surface area (Å²) in [5.74, 6) is 3.23. The van der Waals surface area contributed by atoms with Crippen molar-refractivity contribution in [3.63, 3.8) is 0 Å². The highest BCUT2D eigenvalue weighted by molar-refractivity contribution is 4.85. The van der Waals surface area contributed by atoms with E-state index in [1.54, 1.807) is 0 Å². The molecule has 0 heterocycles. The Labute approximate surface area is 124 Å². The van der Waals surface area contributed by atoms with E-state index in [1.807, 2.05) is 0 Å². The molecule has 2 fully saturated rings. The zero-order valence-corrected chi connectivity index (χ0v) is 13.3. The van der Waals surface area contributed by atoms with Gasteiger partial charge in [0.05, 0.1) is 12.2 Å². The monoisotopic (exact) mass is 277 g/mol. The highest BCUT2D eigenvalue weighted by Gasteiger charge is 2.31. The summed E-state index contributed by atoms with van der Waals surface area (Å²) in [6, 6.07) is 2.34. The summed E-state index contributed by atoms with van der Waals surface area (Å²) in [6.07, 6.45) is 11.9. The lowest BCUT2D eigenvalue weighted by Gasteiger charge is -2.37. The average Bonchev–Trinajstić information content (AvgIpc) is 2.47. The third-order valence-corrected chi connectivity index (χ3v) is 5.32. The van der Waals surface area contributed by atoms with Gasteiger partial charge in [-0.2, -0.15) is 5.26 Å². The molecule has 0 aromatic carbocycles. The fraction of sp³-hybridized carbons (Fsp3) is 0.944. The lowest BCUT2D eigenvalue weighted by atomic mass is 9.70. The van der Waals surface area contributed by atoms with Crippen molar-refractivity contribution in [2.75, 3.05) is 6.61 Å². The number of hydrogen-bond acceptors (Lipinski definition) is 2. The van der Waals surface area contributed by atoms with Crippen LogP contribution >= 0.6 is 0 Å². The largest absolute Gasteiger partial charge is 0.378 e. The van der Waals surface area contributed by atoms with E-state index in [-0.39, 0.29) is 0 Å². The van der Waals surface area contributed by atoms with Crippen molar-refractivity contribution in [3.8, 4) is 6.07 Å². The van der Waals surface area contributed by atoms with Gasteiger partial charge >= 0.3 is 0 Å². The van der Waals surface area contributed by atoms with Gasteiger partial charge in [-0.25, -0.2) is 0 Å². The van der Waals surface area contributed by atoms with Gasteiger partial charge in [-0.15, -0.1) is 0 Å². The van der Waals surface area contributed by atoms with Crippen LogP contribution in [-0.2, 0) is 4.74 Å². The molecule has 0 bridgehead atoms. The highest BCUT2D eigenvalue weighted by atomic mass is 16.5. The molecule has 0 spiro atoms. The minimum Gasteiger partial charge on any atom is -0.378 e. The van der Waals surface area contributed by atoms with Crippen LogP contribution in [-0.4, -0.2) is 12.7 Å². The van der Waals surface area contributed by atoms with E-state index in [4.69, 9.17) is 10.00 Å². The molecule has 2 heteroatoms. The Kier molecular flexibility index (Phi) is 6.36. The topological polar surface area (TPSA) is 33.0 Å². The molecule has 2 aliphatic carbocycles. The number of ether oxygens (including phenoxy) is 1. The Balaban J connectivity index is 1.66. The summed E-state index contributed by atoms with van der Waals surface area (Å²) in [5.41, 5.74) is 0. The predicted octanol–water partition coefficient (Wildman–Crippen LogP) is 4.94. The molecule has 2 aliphatic rings. The molecular weight excluding hydrogens is 246 g/mol. The number of hydrogen-bond donors (Lipinski definition) is 0. The van der Waals surface area contributed by atoms with E-state index in [1.165, 1.54) is 51.4 Å². The Hall–Kier alpha value is -0.550. The van der Waals surface area contributed by atoms with Crippen LogP contribution in [0.4, 0.5) is 0 Å². The molecule has 0 aromatic rings. The van der Waals surface area contributed by atoms with Crippen molar-refractivity contribution in [1.82, 2.24) is 0 Å². The van der Waals surface area contributed by atoms with Gasteiger partial charge in [0.15, 0.2) is 0 Å². The van der Waals surface area contributed by atoms with Gasteiger partial charge in [-0.3, -0.25) is 0 Å². The van der Waals surface area contributed by atoms with Gasteiger partial charge in [0.2, 0.25) is 0 Å². The van der Waals surface area contributed by atoms with Crippen molar-refractivity contribution in [2.45, 2.75) is 77.7 Å². The summed E-state index contributed by atoms with van der Waals surface area (Å²) in [4.78, 5) is 0. The van der Waals surface area contributed by atoms with E-state index in [0.717, 1.165) is 24.9 Å². The zero-order chi connectivity index (χ0) is 14.4. The molecule has 2 nitrogen and oxygen atoms in total. The lowest BCUT2D eigenvalue weighted by Crippen LogP contribution is -2.29. The standard InChI is InChI=1S/C18H31NO/c1-14(2)13-20-18-9-7-17(8-10-18)16-5-3-15(4-6-16)11-12-19/h14-18H,3-11,13H2,1-2H3. The van der Waals surface area contributed by atoms with Gasteiger partial charge in [-0.05, 0) is 75.0 Å². The Bertz CT molecular complexity index is 304. The molecule has 0 atom stereocenters. The van der Waals surface area contributed by atoms with Crippen molar-refractivity contribution >= 4 is 0 Å². The van der Waals surface area contributed by atoms with Crippen molar-refractivity contribution < 1.29 is 4.74 Å². The quantitative estimate of drug-likeness (QED) is 0.713. The Morgan fingerprint density at radius 1 is 0.950 bits per heavy atom. The normalized spacial score (nSPS) is 34.9. The van der Waals surface area contributed by atoms with Crippen LogP contribution in [0.15, 0.2) is 0 Å². The van der Waals surface area contributed by atoms with Gasteiger partial charge < -0.3 is 4.74 Å². The third-order valence-electron chi connectivity index (χ3n) is 5.32. The SMILES string of the molecule is CC(C)COC1CCC(C2CCC(CC#N)CC2)CC1. The maximum atomic E-state index is 8.79. The first-order valence-electron chi connectivity index (χ1n) is 8.67. The molecule has 0 saturated heterocycles. The van der Waals surface area contributed by atoms with Gasteiger partial charge in [0.1, 0.15) is 0 Å². The van der Waals surface area contributed by atoms with Crippen LogP contribution in [0.3, 0.4) is 0 Å². The number of rotatable bonds is 5. The summed E-state index contributed by atoms with van der Waals surface area (Å²) in [7, 11) is 0. The molecule has 0 aliphatic heterocycles. The van der Waals surface area contributed by atoms with Crippen molar-refractivity contribution in [1.29, 1.82) is 5.26 Å². The maximum Gasteiger partial charge on any atom is 0.0624 e.